The molecule has 1 nitrogen and oxygen atoms in total. The van der Waals surface area contributed by atoms with Crippen molar-refractivity contribution in [3.05, 3.63) is 0 Å². The molecule has 0 heterocycles. The number of halogens is 1. The first-order valence-electron chi connectivity index (χ1n) is 4.28. The number of carbonyl (C=O) groups excluding carboxylic acids is 1. The molecule has 0 aliphatic heterocycles. The van der Waals surface area contributed by atoms with Crippen LogP contribution >= 0.6 is 15.9 Å². The van der Waals surface area contributed by atoms with Gasteiger partial charge in [-0.15, -0.1) is 0 Å². The third kappa shape index (κ3) is 2.05. The van der Waals surface area contributed by atoms with Crippen LogP contribution in [0.1, 0.15) is 39.0 Å². The highest BCUT2D eigenvalue weighted by molar-refractivity contribution is 9.10. The summed E-state index contributed by atoms with van der Waals surface area (Å²) >= 11 is 3.43. The zero-order valence-electron chi connectivity index (χ0n) is 6.98. The first-order chi connectivity index (χ1) is 5.19. The highest BCUT2D eigenvalue weighted by atomic mass is 79.9. The van der Waals surface area contributed by atoms with Gasteiger partial charge in [0.15, 0.2) is 0 Å². The smallest absolute Gasteiger partial charge is 0.134 e. The molecule has 0 saturated heterocycles. The van der Waals surface area contributed by atoms with E-state index < -0.39 is 0 Å². The normalized spacial score (nSPS) is 26.0. The third-order valence-electron chi connectivity index (χ3n) is 2.78. The molecule has 11 heavy (non-hydrogen) atoms. The van der Waals surface area contributed by atoms with Gasteiger partial charge in [0, 0.05) is 0 Å². The van der Waals surface area contributed by atoms with Crippen LogP contribution in [0.3, 0.4) is 0 Å². The Labute approximate surface area is 76.7 Å². The van der Waals surface area contributed by atoms with Crippen molar-refractivity contribution in [2.45, 2.75) is 43.9 Å². The topological polar surface area (TPSA) is 17.1 Å². The SMILES string of the molecule is CC1(C(Br)C=O)CCCCC1. The molecule has 0 spiro atoms. The van der Waals surface area contributed by atoms with E-state index in [0.29, 0.717) is 0 Å². The molecule has 1 atom stereocenters. The van der Waals surface area contributed by atoms with Crippen molar-refractivity contribution in [2.24, 2.45) is 5.41 Å². The number of rotatable bonds is 2. The van der Waals surface area contributed by atoms with Gasteiger partial charge in [0.1, 0.15) is 6.29 Å². The number of hydrogen-bond donors (Lipinski definition) is 0. The molecular weight excluding hydrogens is 204 g/mol. The maximum Gasteiger partial charge on any atom is 0.134 e. The molecule has 0 aromatic carbocycles. The van der Waals surface area contributed by atoms with Gasteiger partial charge in [-0.1, -0.05) is 42.1 Å². The quantitative estimate of drug-likeness (QED) is 0.515. The molecule has 0 radical (unpaired) electrons. The molecule has 1 rings (SSSR count). The molecule has 64 valence electrons. The van der Waals surface area contributed by atoms with Gasteiger partial charge in [0.05, 0.1) is 4.83 Å². The first-order valence-corrected chi connectivity index (χ1v) is 5.20. The molecule has 0 aromatic rings. The second-order valence-corrected chi connectivity index (χ2v) is 4.74. The van der Waals surface area contributed by atoms with Crippen LogP contribution < -0.4 is 0 Å². The van der Waals surface area contributed by atoms with Gasteiger partial charge in [0.2, 0.25) is 0 Å². The zero-order valence-corrected chi connectivity index (χ0v) is 8.56. The minimum absolute atomic E-state index is 0.0651. The van der Waals surface area contributed by atoms with Gasteiger partial charge in [-0.2, -0.15) is 0 Å². The van der Waals surface area contributed by atoms with E-state index in [-0.39, 0.29) is 10.2 Å². The van der Waals surface area contributed by atoms with E-state index in [0.717, 1.165) is 6.29 Å². The Kier molecular flexibility index (Phi) is 3.11. The fraction of sp³-hybridized carbons (Fsp3) is 0.889. The highest BCUT2D eigenvalue weighted by Crippen LogP contribution is 2.40. The summed E-state index contributed by atoms with van der Waals surface area (Å²) in [6.45, 7) is 2.21. The predicted octanol–water partition coefficient (Wildman–Crippen LogP) is 2.92. The average molecular weight is 219 g/mol. The summed E-state index contributed by atoms with van der Waals surface area (Å²) in [5, 5.41) is 0. The lowest BCUT2D eigenvalue weighted by Gasteiger charge is -2.35. The molecule has 1 fully saturated rings. The van der Waals surface area contributed by atoms with E-state index >= 15 is 0 Å². The van der Waals surface area contributed by atoms with E-state index in [1.807, 2.05) is 0 Å². The second-order valence-electron chi connectivity index (χ2n) is 3.75. The monoisotopic (exact) mass is 218 g/mol. The molecule has 1 aliphatic rings. The number of carbonyl (C=O) groups is 1. The number of alkyl halides is 1. The molecule has 1 aliphatic carbocycles. The highest BCUT2D eigenvalue weighted by Gasteiger charge is 2.33. The summed E-state index contributed by atoms with van der Waals surface area (Å²) in [6.07, 6.45) is 7.34. The predicted molar refractivity (Wildman–Crippen MR) is 50.0 cm³/mol. The summed E-state index contributed by atoms with van der Waals surface area (Å²) in [4.78, 5) is 10.6. The van der Waals surface area contributed by atoms with Crippen LogP contribution in [0.5, 0.6) is 0 Å². The molecule has 0 aromatic heterocycles. The molecular formula is C9H15BrO. The average Bonchev–Trinajstić information content (AvgIpc) is 2.04. The maximum absolute atomic E-state index is 10.6. The summed E-state index contributed by atoms with van der Waals surface area (Å²) in [5.74, 6) is 0. The fourth-order valence-corrected chi connectivity index (χ4v) is 2.26. The van der Waals surface area contributed by atoms with Gasteiger partial charge < -0.3 is 4.79 Å². The molecule has 2 heteroatoms. The molecule has 1 unspecified atom stereocenters. The van der Waals surface area contributed by atoms with Crippen molar-refractivity contribution in [1.82, 2.24) is 0 Å². The minimum atomic E-state index is 0.0651. The molecule has 0 N–H and O–H groups in total. The molecule has 0 amide bonds. The van der Waals surface area contributed by atoms with Crippen LogP contribution in [0.2, 0.25) is 0 Å². The first kappa shape index (κ1) is 9.24. The van der Waals surface area contributed by atoms with Crippen LogP contribution in [-0.4, -0.2) is 11.1 Å². The van der Waals surface area contributed by atoms with E-state index in [2.05, 4.69) is 22.9 Å². The largest absolute Gasteiger partial charge is 0.302 e. The minimum Gasteiger partial charge on any atom is -0.302 e. The summed E-state index contributed by atoms with van der Waals surface area (Å²) in [6, 6.07) is 0. The van der Waals surface area contributed by atoms with Crippen molar-refractivity contribution in [2.75, 3.05) is 0 Å². The molecule has 0 bridgehead atoms. The van der Waals surface area contributed by atoms with Gasteiger partial charge in [-0.3, -0.25) is 0 Å². The Hall–Kier alpha value is 0.150. The number of aldehydes is 1. The van der Waals surface area contributed by atoms with E-state index in [4.69, 9.17) is 0 Å². The van der Waals surface area contributed by atoms with E-state index in [9.17, 15) is 4.79 Å². The Morgan fingerprint density at radius 2 is 1.91 bits per heavy atom. The Morgan fingerprint density at radius 3 is 2.36 bits per heavy atom. The zero-order chi connectivity index (χ0) is 8.32. The van der Waals surface area contributed by atoms with Crippen LogP contribution in [0.15, 0.2) is 0 Å². The van der Waals surface area contributed by atoms with Crippen molar-refractivity contribution in [3.63, 3.8) is 0 Å². The lowest BCUT2D eigenvalue weighted by Crippen LogP contribution is -2.31. The fourth-order valence-electron chi connectivity index (χ4n) is 1.80. The van der Waals surface area contributed by atoms with Crippen LogP contribution in [0.25, 0.3) is 0 Å². The molecule has 1 saturated carbocycles. The second kappa shape index (κ2) is 3.70. The van der Waals surface area contributed by atoms with Crippen LogP contribution in [-0.2, 0) is 4.79 Å². The van der Waals surface area contributed by atoms with Crippen molar-refractivity contribution < 1.29 is 4.79 Å². The Bertz CT molecular complexity index is 138. The number of hydrogen-bond acceptors (Lipinski definition) is 1. The van der Waals surface area contributed by atoms with Gasteiger partial charge in [0.25, 0.3) is 0 Å². The van der Waals surface area contributed by atoms with Gasteiger partial charge >= 0.3 is 0 Å². The van der Waals surface area contributed by atoms with Crippen LogP contribution in [0.4, 0.5) is 0 Å². The summed E-state index contributed by atoms with van der Waals surface area (Å²) in [7, 11) is 0. The third-order valence-corrected chi connectivity index (χ3v) is 4.10. The van der Waals surface area contributed by atoms with Crippen LogP contribution in [0, 0.1) is 5.41 Å². The van der Waals surface area contributed by atoms with Crippen molar-refractivity contribution >= 4 is 22.2 Å². The van der Waals surface area contributed by atoms with Crippen molar-refractivity contribution in [3.8, 4) is 0 Å². The Balaban J connectivity index is 2.55. The standard InChI is InChI=1S/C9H15BrO/c1-9(8(10)7-11)5-3-2-4-6-9/h7-8H,2-6H2,1H3. The lowest BCUT2D eigenvalue weighted by molar-refractivity contribution is -0.109. The van der Waals surface area contributed by atoms with Gasteiger partial charge in [-0.05, 0) is 18.3 Å². The summed E-state index contributed by atoms with van der Waals surface area (Å²) in [5.41, 5.74) is 0.236. The van der Waals surface area contributed by atoms with E-state index in [1.54, 1.807) is 0 Å². The maximum atomic E-state index is 10.6. The lowest BCUT2D eigenvalue weighted by atomic mass is 9.74. The Morgan fingerprint density at radius 1 is 1.36 bits per heavy atom. The summed E-state index contributed by atoms with van der Waals surface area (Å²) < 4.78 is 0. The van der Waals surface area contributed by atoms with E-state index in [1.165, 1.54) is 32.1 Å². The van der Waals surface area contributed by atoms with Crippen molar-refractivity contribution in [1.29, 1.82) is 0 Å². The van der Waals surface area contributed by atoms with Gasteiger partial charge in [-0.25, -0.2) is 0 Å².